The molecular weight excluding hydrogens is 236 g/mol. The van der Waals surface area contributed by atoms with Crippen LogP contribution in [0, 0.1) is 0 Å². The van der Waals surface area contributed by atoms with Gasteiger partial charge in [0.05, 0.1) is 0 Å². The van der Waals surface area contributed by atoms with Crippen LogP contribution in [-0.4, -0.2) is 12.5 Å². The number of anilines is 2. The Bertz CT molecular complexity index is 622. The van der Waals surface area contributed by atoms with Gasteiger partial charge in [-0.2, -0.15) is 0 Å². The normalized spacial score (nSPS) is 14.0. The monoisotopic (exact) mass is 252 g/mol. The van der Waals surface area contributed by atoms with E-state index in [1.165, 1.54) is 5.56 Å². The Kier molecular flexibility index (Phi) is 2.95. The van der Waals surface area contributed by atoms with Crippen molar-refractivity contribution in [3.05, 3.63) is 59.7 Å². The molecule has 2 aromatic carbocycles. The Balaban J connectivity index is 1.98. The van der Waals surface area contributed by atoms with Gasteiger partial charge in [0.25, 0.3) is 5.91 Å². The molecule has 0 unspecified atom stereocenters. The van der Waals surface area contributed by atoms with Gasteiger partial charge in [-0.15, -0.1) is 0 Å². The molecule has 3 nitrogen and oxygen atoms in total. The lowest BCUT2D eigenvalue weighted by Crippen LogP contribution is -2.35. The van der Waals surface area contributed by atoms with Crippen molar-refractivity contribution >= 4 is 17.3 Å². The van der Waals surface area contributed by atoms with E-state index in [1.54, 1.807) is 12.1 Å². The number of fused-ring (bicyclic) bond motifs is 1. The van der Waals surface area contributed by atoms with Gasteiger partial charge in [0.2, 0.25) is 0 Å². The summed E-state index contributed by atoms with van der Waals surface area (Å²) in [7, 11) is 0. The lowest BCUT2D eigenvalue weighted by atomic mass is 10.0. The minimum absolute atomic E-state index is 0.0273. The lowest BCUT2D eigenvalue weighted by Gasteiger charge is -2.29. The minimum atomic E-state index is 0.0273. The van der Waals surface area contributed by atoms with Crippen LogP contribution >= 0.6 is 0 Å². The van der Waals surface area contributed by atoms with Crippen molar-refractivity contribution in [3.63, 3.8) is 0 Å². The van der Waals surface area contributed by atoms with Crippen LogP contribution in [0.4, 0.5) is 11.4 Å². The number of rotatable bonds is 1. The average Bonchev–Trinajstić information content (AvgIpc) is 2.46. The van der Waals surface area contributed by atoms with Crippen LogP contribution in [0.5, 0.6) is 0 Å². The SMILES string of the molecule is Nc1cccc(C(=O)N2CCCc3ccccc32)c1. The minimum Gasteiger partial charge on any atom is -0.399 e. The summed E-state index contributed by atoms with van der Waals surface area (Å²) in [5.41, 5.74) is 9.29. The first-order valence-electron chi connectivity index (χ1n) is 6.51. The molecule has 0 fully saturated rings. The first-order valence-corrected chi connectivity index (χ1v) is 6.51. The second kappa shape index (κ2) is 4.76. The van der Waals surface area contributed by atoms with Gasteiger partial charge in [-0.25, -0.2) is 0 Å². The predicted octanol–water partition coefficient (Wildman–Crippen LogP) is 2.86. The Labute approximate surface area is 112 Å². The Morgan fingerprint density at radius 2 is 1.95 bits per heavy atom. The summed E-state index contributed by atoms with van der Waals surface area (Å²) in [5.74, 6) is 0.0273. The molecule has 0 bridgehead atoms. The highest BCUT2D eigenvalue weighted by Crippen LogP contribution is 2.28. The summed E-state index contributed by atoms with van der Waals surface area (Å²) in [6, 6.07) is 15.3. The van der Waals surface area contributed by atoms with E-state index in [4.69, 9.17) is 5.73 Å². The largest absolute Gasteiger partial charge is 0.399 e. The van der Waals surface area contributed by atoms with Gasteiger partial charge in [0, 0.05) is 23.5 Å². The van der Waals surface area contributed by atoms with Gasteiger partial charge in [-0.05, 0) is 42.7 Å². The molecule has 3 heteroatoms. The van der Waals surface area contributed by atoms with Gasteiger partial charge < -0.3 is 10.6 Å². The number of amides is 1. The fourth-order valence-electron chi connectivity index (χ4n) is 2.57. The summed E-state index contributed by atoms with van der Waals surface area (Å²) in [6.45, 7) is 0.768. The number of hydrogen-bond donors (Lipinski definition) is 1. The number of carbonyl (C=O) groups is 1. The maximum absolute atomic E-state index is 12.6. The third-order valence-corrected chi connectivity index (χ3v) is 3.49. The number of nitrogens with zero attached hydrogens (tertiary/aromatic N) is 1. The van der Waals surface area contributed by atoms with Crippen LogP contribution in [0.1, 0.15) is 22.3 Å². The molecule has 1 aliphatic heterocycles. The van der Waals surface area contributed by atoms with Crippen LogP contribution in [0.15, 0.2) is 48.5 Å². The van der Waals surface area contributed by atoms with Crippen LogP contribution in [0.3, 0.4) is 0 Å². The van der Waals surface area contributed by atoms with Crippen molar-refractivity contribution in [3.8, 4) is 0 Å². The lowest BCUT2D eigenvalue weighted by molar-refractivity contribution is 0.0985. The first kappa shape index (κ1) is 11.8. The number of nitrogens with two attached hydrogens (primary N) is 1. The fourth-order valence-corrected chi connectivity index (χ4v) is 2.57. The van der Waals surface area contributed by atoms with E-state index in [0.717, 1.165) is 25.1 Å². The van der Waals surface area contributed by atoms with Gasteiger partial charge in [0.15, 0.2) is 0 Å². The molecule has 96 valence electrons. The standard InChI is InChI=1S/C16H16N2O/c17-14-8-3-6-13(11-14)16(19)18-10-4-7-12-5-1-2-9-15(12)18/h1-3,5-6,8-9,11H,4,7,10,17H2. The highest BCUT2D eigenvalue weighted by molar-refractivity contribution is 6.07. The summed E-state index contributed by atoms with van der Waals surface area (Å²) < 4.78 is 0. The van der Waals surface area contributed by atoms with E-state index in [9.17, 15) is 4.79 Å². The molecule has 19 heavy (non-hydrogen) atoms. The molecule has 1 amide bonds. The molecule has 0 atom stereocenters. The van der Waals surface area contributed by atoms with E-state index in [1.807, 2.05) is 35.2 Å². The zero-order valence-electron chi connectivity index (χ0n) is 10.7. The third-order valence-electron chi connectivity index (χ3n) is 3.49. The summed E-state index contributed by atoms with van der Waals surface area (Å²) in [6.07, 6.45) is 2.04. The van der Waals surface area contributed by atoms with Crippen molar-refractivity contribution in [2.45, 2.75) is 12.8 Å². The predicted molar refractivity (Wildman–Crippen MR) is 77.3 cm³/mol. The second-order valence-electron chi connectivity index (χ2n) is 4.81. The molecule has 0 aliphatic carbocycles. The number of para-hydroxylation sites is 1. The Hall–Kier alpha value is -2.29. The number of nitrogen functional groups attached to an aromatic ring is 1. The summed E-state index contributed by atoms with van der Waals surface area (Å²) in [5, 5.41) is 0. The second-order valence-corrected chi connectivity index (χ2v) is 4.81. The van der Waals surface area contributed by atoms with Gasteiger partial charge in [-0.1, -0.05) is 24.3 Å². The molecule has 1 heterocycles. The van der Waals surface area contributed by atoms with E-state index in [2.05, 4.69) is 6.07 Å². The molecule has 0 saturated carbocycles. The zero-order chi connectivity index (χ0) is 13.2. The Morgan fingerprint density at radius 3 is 2.79 bits per heavy atom. The molecule has 2 aromatic rings. The fraction of sp³-hybridized carbons (Fsp3) is 0.188. The van der Waals surface area contributed by atoms with Gasteiger partial charge >= 0.3 is 0 Å². The van der Waals surface area contributed by atoms with Crippen LogP contribution < -0.4 is 10.6 Å². The molecule has 0 spiro atoms. The number of carbonyl (C=O) groups excluding carboxylic acids is 1. The van der Waals surface area contributed by atoms with Crippen molar-refractivity contribution in [1.29, 1.82) is 0 Å². The summed E-state index contributed by atoms with van der Waals surface area (Å²) in [4.78, 5) is 14.4. The molecule has 1 aliphatic rings. The van der Waals surface area contributed by atoms with Crippen molar-refractivity contribution < 1.29 is 4.79 Å². The molecular formula is C16H16N2O. The van der Waals surface area contributed by atoms with Crippen LogP contribution in [0.2, 0.25) is 0 Å². The van der Waals surface area contributed by atoms with E-state index >= 15 is 0 Å². The highest BCUT2D eigenvalue weighted by Gasteiger charge is 2.23. The van der Waals surface area contributed by atoms with E-state index < -0.39 is 0 Å². The van der Waals surface area contributed by atoms with Gasteiger partial charge in [0.1, 0.15) is 0 Å². The first-order chi connectivity index (χ1) is 9.25. The smallest absolute Gasteiger partial charge is 0.258 e. The van der Waals surface area contributed by atoms with E-state index in [-0.39, 0.29) is 5.91 Å². The van der Waals surface area contributed by atoms with Crippen molar-refractivity contribution in [1.82, 2.24) is 0 Å². The van der Waals surface area contributed by atoms with Crippen molar-refractivity contribution in [2.24, 2.45) is 0 Å². The van der Waals surface area contributed by atoms with E-state index in [0.29, 0.717) is 11.3 Å². The maximum Gasteiger partial charge on any atom is 0.258 e. The molecule has 0 aromatic heterocycles. The van der Waals surface area contributed by atoms with Crippen LogP contribution in [-0.2, 0) is 6.42 Å². The highest BCUT2D eigenvalue weighted by atomic mass is 16.2. The summed E-state index contributed by atoms with van der Waals surface area (Å²) >= 11 is 0. The quantitative estimate of drug-likeness (QED) is 0.793. The van der Waals surface area contributed by atoms with Gasteiger partial charge in [-0.3, -0.25) is 4.79 Å². The number of benzene rings is 2. The Morgan fingerprint density at radius 1 is 1.11 bits per heavy atom. The molecule has 0 radical (unpaired) electrons. The third kappa shape index (κ3) is 2.19. The molecule has 3 rings (SSSR count). The maximum atomic E-state index is 12.6. The number of hydrogen-bond acceptors (Lipinski definition) is 2. The molecule has 0 saturated heterocycles. The van der Waals surface area contributed by atoms with Crippen molar-refractivity contribution in [2.75, 3.05) is 17.2 Å². The average molecular weight is 252 g/mol. The zero-order valence-corrected chi connectivity index (χ0v) is 10.7. The topological polar surface area (TPSA) is 46.3 Å². The van der Waals surface area contributed by atoms with Crippen LogP contribution in [0.25, 0.3) is 0 Å². The number of aryl methyl sites for hydroxylation is 1. The molecule has 2 N–H and O–H groups in total.